The van der Waals surface area contributed by atoms with Crippen LogP contribution in [0.4, 0.5) is 0 Å². The predicted molar refractivity (Wildman–Crippen MR) is 73.8 cm³/mol. The quantitative estimate of drug-likeness (QED) is 0.598. The van der Waals surface area contributed by atoms with Crippen molar-refractivity contribution in [3.8, 4) is 0 Å². The maximum atomic E-state index is 6.45. The fraction of sp³-hybridized carbons (Fsp3) is 0.733. The Morgan fingerprint density at radius 3 is 2.25 bits per heavy atom. The summed E-state index contributed by atoms with van der Waals surface area (Å²) in [5.41, 5.74) is 4.42. The van der Waals surface area contributed by atoms with Crippen LogP contribution in [0.15, 0.2) is 22.8 Å². The first-order valence-corrected chi connectivity index (χ1v) is 6.43. The zero-order valence-electron chi connectivity index (χ0n) is 11.7. The Hall–Kier alpha value is -0.455. The molecule has 0 saturated heterocycles. The fourth-order valence-electron chi connectivity index (χ4n) is 2.76. The van der Waals surface area contributed by atoms with E-state index in [0.29, 0.717) is 11.8 Å². The molecule has 0 nitrogen and oxygen atoms in total. The Morgan fingerprint density at radius 2 is 1.88 bits per heavy atom. The van der Waals surface area contributed by atoms with Gasteiger partial charge in [-0.3, -0.25) is 0 Å². The van der Waals surface area contributed by atoms with Gasteiger partial charge in [-0.1, -0.05) is 51.8 Å². The average molecular weight is 216 g/mol. The summed E-state index contributed by atoms with van der Waals surface area (Å²) in [6.07, 6.45) is 4.49. The molecule has 0 heterocycles. The van der Waals surface area contributed by atoms with Gasteiger partial charge in [0.05, 0.1) is 7.85 Å². The van der Waals surface area contributed by atoms with Crippen LogP contribution >= 0.6 is 0 Å². The molecular formula is C15H25B. The second kappa shape index (κ2) is 4.81. The highest BCUT2D eigenvalue weighted by atomic mass is 14.3. The lowest BCUT2D eigenvalue weighted by molar-refractivity contribution is 0.497. The van der Waals surface area contributed by atoms with Crippen LogP contribution in [0.3, 0.4) is 0 Å². The van der Waals surface area contributed by atoms with Crippen molar-refractivity contribution in [1.29, 1.82) is 0 Å². The Labute approximate surface area is 103 Å². The van der Waals surface area contributed by atoms with E-state index in [0.717, 1.165) is 12.8 Å². The lowest BCUT2D eigenvalue weighted by Crippen LogP contribution is -2.14. The Morgan fingerprint density at radius 1 is 1.31 bits per heavy atom. The van der Waals surface area contributed by atoms with E-state index >= 15 is 0 Å². The third-order valence-corrected chi connectivity index (χ3v) is 3.47. The van der Waals surface area contributed by atoms with Crippen LogP contribution in [0.1, 0.15) is 54.4 Å². The van der Waals surface area contributed by atoms with E-state index in [1.54, 1.807) is 0 Å². The summed E-state index contributed by atoms with van der Waals surface area (Å²) < 4.78 is 0. The normalized spacial score (nSPS) is 20.6. The number of hydrogen-bond donors (Lipinski definition) is 0. The molecule has 0 N–H and O–H groups in total. The molecule has 88 valence electrons. The van der Waals surface area contributed by atoms with Gasteiger partial charge in [0.2, 0.25) is 0 Å². The lowest BCUT2D eigenvalue weighted by Gasteiger charge is -2.29. The van der Waals surface area contributed by atoms with Crippen LogP contribution < -0.4 is 0 Å². The highest BCUT2D eigenvalue weighted by Gasteiger charge is 2.28. The lowest BCUT2D eigenvalue weighted by atomic mass is 9.60. The van der Waals surface area contributed by atoms with Gasteiger partial charge in [0.25, 0.3) is 0 Å². The van der Waals surface area contributed by atoms with Gasteiger partial charge in [-0.25, -0.2) is 0 Å². The third kappa shape index (κ3) is 3.03. The summed E-state index contributed by atoms with van der Waals surface area (Å²) in [4.78, 5) is 0. The molecule has 1 aliphatic rings. The number of allylic oxidation sites excluding steroid dienone is 4. The van der Waals surface area contributed by atoms with Gasteiger partial charge in [-0.2, -0.15) is 0 Å². The van der Waals surface area contributed by atoms with Gasteiger partial charge < -0.3 is 0 Å². The maximum absolute atomic E-state index is 6.45. The molecule has 16 heavy (non-hydrogen) atoms. The second-order valence-electron chi connectivity index (χ2n) is 6.25. The summed E-state index contributed by atoms with van der Waals surface area (Å²) in [5, 5.41) is -0.133. The molecule has 1 aliphatic carbocycles. The Kier molecular flexibility index (Phi) is 4.09. The van der Waals surface area contributed by atoms with Crippen molar-refractivity contribution in [2.75, 3.05) is 0 Å². The van der Waals surface area contributed by atoms with E-state index in [4.69, 9.17) is 7.85 Å². The minimum atomic E-state index is -0.133. The van der Waals surface area contributed by atoms with Crippen LogP contribution in [0, 0.1) is 11.8 Å². The molecule has 0 aromatic heterocycles. The van der Waals surface area contributed by atoms with Crippen LogP contribution in [0.25, 0.3) is 0 Å². The van der Waals surface area contributed by atoms with Gasteiger partial charge in [-0.15, -0.1) is 0 Å². The zero-order chi connectivity index (χ0) is 12.5. The van der Waals surface area contributed by atoms with Gasteiger partial charge in [-0.05, 0) is 42.5 Å². The monoisotopic (exact) mass is 216 g/mol. The highest BCUT2D eigenvalue weighted by Crippen LogP contribution is 2.45. The van der Waals surface area contributed by atoms with E-state index in [1.165, 1.54) is 16.7 Å². The van der Waals surface area contributed by atoms with E-state index in [1.807, 2.05) is 0 Å². The van der Waals surface area contributed by atoms with E-state index < -0.39 is 0 Å². The van der Waals surface area contributed by atoms with Crippen LogP contribution in [-0.4, -0.2) is 7.85 Å². The first-order valence-electron chi connectivity index (χ1n) is 6.43. The van der Waals surface area contributed by atoms with Gasteiger partial charge in [0.1, 0.15) is 0 Å². The third-order valence-electron chi connectivity index (χ3n) is 3.47. The molecule has 0 aliphatic heterocycles. The molecule has 0 aromatic carbocycles. The van der Waals surface area contributed by atoms with Gasteiger partial charge in [0, 0.05) is 0 Å². The van der Waals surface area contributed by atoms with Crippen molar-refractivity contribution in [3.05, 3.63) is 22.8 Å². The Balaban J connectivity index is 2.84. The molecule has 2 radical (unpaired) electrons. The van der Waals surface area contributed by atoms with Crippen molar-refractivity contribution in [1.82, 2.24) is 0 Å². The first kappa shape index (κ1) is 13.6. The van der Waals surface area contributed by atoms with E-state index in [2.05, 4.69) is 47.6 Å². The molecule has 1 rings (SSSR count). The largest absolute Gasteiger partial charge is 0.0802 e. The predicted octanol–water partition coefficient (Wildman–Crippen LogP) is 4.68. The van der Waals surface area contributed by atoms with Crippen molar-refractivity contribution in [2.24, 2.45) is 11.8 Å². The molecule has 0 saturated carbocycles. The topological polar surface area (TPSA) is 0 Å². The van der Waals surface area contributed by atoms with Crippen molar-refractivity contribution >= 4 is 7.85 Å². The maximum Gasteiger partial charge on any atom is 0.0802 e. The summed E-state index contributed by atoms with van der Waals surface area (Å²) in [6.45, 7) is 13.4. The van der Waals surface area contributed by atoms with Crippen LogP contribution in [0.5, 0.6) is 0 Å². The number of rotatable bonds is 4. The standard InChI is InChI=1S/C15H25B/c1-10(2)9-15(6,16)13-7-12(5)14(8-13)11(3)4/h8,10-11H,7,9H2,1-6H3. The van der Waals surface area contributed by atoms with Gasteiger partial charge >= 0.3 is 0 Å². The molecule has 0 spiro atoms. The SMILES string of the molecule is [B]C(C)(CC(C)C)C1=CC(C(C)C)=C(C)C1. The smallest absolute Gasteiger partial charge is 0.0687 e. The zero-order valence-corrected chi connectivity index (χ0v) is 11.7. The van der Waals surface area contributed by atoms with Crippen LogP contribution in [0.2, 0.25) is 5.31 Å². The van der Waals surface area contributed by atoms with Crippen LogP contribution in [-0.2, 0) is 0 Å². The Bertz CT molecular complexity index is 316. The minimum Gasteiger partial charge on any atom is -0.0687 e. The summed E-state index contributed by atoms with van der Waals surface area (Å²) >= 11 is 0. The van der Waals surface area contributed by atoms with Gasteiger partial charge in [0.15, 0.2) is 0 Å². The fourth-order valence-corrected chi connectivity index (χ4v) is 2.76. The second-order valence-corrected chi connectivity index (χ2v) is 6.25. The molecule has 1 unspecified atom stereocenters. The summed E-state index contributed by atoms with van der Waals surface area (Å²) in [5.74, 6) is 1.27. The van der Waals surface area contributed by atoms with Crippen molar-refractivity contribution < 1.29 is 0 Å². The van der Waals surface area contributed by atoms with E-state index in [-0.39, 0.29) is 5.31 Å². The van der Waals surface area contributed by atoms with E-state index in [9.17, 15) is 0 Å². The molecule has 1 atom stereocenters. The first-order chi connectivity index (χ1) is 7.24. The molecule has 0 aromatic rings. The molecule has 0 fully saturated rings. The van der Waals surface area contributed by atoms with Crippen molar-refractivity contribution in [3.63, 3.8) is 0 Å². The molecule has 0 bridgehead atoms. The minimum absolute atomic E-state index is 0.133. The highest BCUT2D eigenvalue weighted by molar-refractivity contribution is 6.17. The van der Waals surface area contributed by atoms with Crippen molar-refractivity contribution in [2.45, 2.75) is 59.7 Å². The molecule has 1 heteroatoms. The molecular weight excluding hydrogens is 191 g/mol. The average Bonchev–Trinajstić information content (AvgIpc) is 2.45. The summed E-state index contributed by atoms with van der Waals surface area (Å²) in [6, 6.07) is 0. The summed E-state index contributed by atoms with van der Waals surface area (Å²) in [7, 11) is 6.45. The number of hydrogen-bond acceptors (Lipinski definition) is 0. The molecule has 0 amide bonds.